The van der Waals surface area contributed by atoms with E-state index in [1.165, 1.54) is 0 Å². The normalized spacial score (nSPS) is 14.7. The van der Waals surface area contributed by atoms with Gasteiger partial charge in [0.05, 0.1) is 23.5 Å². The molecule has 1 fully saturated rings. The summed E-state index contributed by atoms with van der Waals surface area (Å²) in [6, 6.07) is 20.2. The lowest BCUT2D eigenvalue weighted by Crippen LogP contribution is -2.33. The molecular weight excluding hydrogens is 590 g/mol. The van der Waals surface area contributed by atoms with Crippen LogP contribution < -0.4 is 20.1 Å². The molecule has 0 unspecified atom stereocenters. The summed E-state index contributed by atoms with van der Waals surface area (Å²) in [5.41, 5.74) is 3.63. The number of halogens is 1. The molecule has 11 heteroatoms. The van der Waals surface area contributed by atoms with Crippen LogP contribution in [-0.2, 0) is 10.0 Å². The standard InChI is InChI=1S/C32H40ClN3O6S/c33-26-7-4-6-25(20-26)30(38)22-34-16-17-35-27-13-10-23(11-14-27)24-12-15-29(32(39)36-43(40,41)19-5-18-37)31(21-24)42-28-8-2-1-3-9-28/h4,6-7,10-15,20-21,28,30,34-35,37-38H,1-3,5,8-9,16-19,22H2,(H,36,39)/t30-/m1/s1. The quantitative estimate of drug-likeness (QED) is 0.150. The highest BCUT2D eigenvalue weighted by atomic mass is 35.5. The zero-order chi connectivity index (χ0) is 30.7. The predicted molar refractivity (Wildman–Crippen MR) is 170 cm³/mol. The number of hydrogen-bond acceptors (Lipinski definition) is 8. The third-order valence-electron chi connectivity index (χ3n) is 7.31. The highest BCUT2D eigenvalue weighted by molar-refractivity contribution is 7.90. The van der Waals surface area contributed by atoms with Gasteiger partial charge in [0.1, 0.15) is 5.75 Å². The molecule has 0 spiro atoms. The van der Waals surface area contributed by atoms with E-state index >= 15 is 0 Å². The maximum atomic E-state index is 13.0. The number of sulfonamides is 1. The third-order valence-corrected chi connectivity index (χ3v) is 8.87. The first-order valence-electron chi connectivity index (χ1n) is 14.7. The molecule has 3 aromatic rings. The number of aliphatic hydroxyl groups is 2. The summed E-state index contributed by atoms with van der Waals surface area (Å²) in [4.78, 5) is 13.0. The first kappa shape index (κ1) is 32.8. The van der Waals surface area contributed by atoms with Crippen molar-refractivity contribution in [1.82, 2.24) is 10.0 Å². The lowest BCUT2D eigenvalue weighted by molar-refractivity contribution is 0.0969. The molecule has 0 aromatic heterocycles. The molecule has 0 bridgehead atoms. The Morgan fingerprint density at radius 1 is 0.977 bits per heavy atom. The van der Waals surface area contributed by atoms with E-state index in [1.54, 1.807) is 30.3 Å². The fraction of sp³-hybridized carbons (Fsp3) is 0.406. The van der Waals surface area contributed by atoms with E-state index in [2.05, 4.69) is 15.4 Å². The molecule has 0 radical (unpaired) electrons. The highest BCUT2D eigenvalue weighted by Crippen LogP contribution is 2.31. The second-order valence-electron chi connectivity index (χ2n) is 10.7. The fourth-order valence-electron chi connectivity index (χ4n) is 5.00. The van der Waals surface area contributed by atoms with E-state index in [0.717, 1.165) is 54.5 Å². The monoisotopic (exact) mass is 629 g/mol. The van der Waals surface area contributed by atoms with Crippen LogP contribution in [0.1, 0.15) is 60.6 Å². The van der Waals surface area contributed by atoms with E-state index in [-0.39, 0.29) is 30.4 Å². The van der Waals surface area contributed by atoms with Crippen LogP contribution in [0.4, 0.5) is 5.69 Å². The van der Waals surface area contributed by atoms with Crippen molar-refractivity contribution in [3.05, 3.63) is 82.9 Å². The predicted octanol–water partition coefficient (Wildman–Crippen LogP) is 4.90. The number of anilines is 1. The van der Waals surface area contributed by atoms with E-state index < -0.39 is 22.0 Å². The minimum atomic E-state index is -3.88. The Balaban J connectivity index is 1.37. The van der Waals surface area contributed by atoms with Crippen LogP contribution in [0.3, 0.4) is 0 Å². The van der Waals surface area contributed by atoms with Gasteiger partial charge in [-0.2, -0.15) is 0 Å². The Morgan fingerprint density at radius 3 is 2.44 bits per heavy atom. The smallest absolute Gasteiger partial charge is 0.268 e. The van der Waals surface area contributed by atoms with E-state index in [1.807, 2.05) is 36.4 Å². The summed E-state index contributed by atoms with van der Waals surface area (Å²) in [5, 5.41) is 26.5. The number of benzene rings is 3. The number of carbonyl (C=O) groups excluding carboxylic acids is 1. The summed E-state index contributed by atoms with van der Waals surface area (Å²) in [6.07, 6.45) is 4.39. The van der Waals surface area contributed by atoms with Gasteiger partial charge in [0.25, 0.3) is 5.91 Å². The van der Waals surface area contributed by atoms with Crippen molar-refractivity contribution in [3.8, 4) is 16.9 Å². The van der Waals surface area contributed by atoms with Crippen molar-refractivity contribution in [3.63, 3.8) is 0 Å². The molecule has 1 saturated carbocycles. The highest BCUT2D eigenvalue weighted by Gasteiger charge is 2.23. The average molecular weight is 630 g/mol. The van der Waals surface area contributed by atoms with Crippen molar-refractivity contribution in [1.29, 1.82) is 0 Å². The fourth-order valence-corrected chi connectivity index (χ4v) is 6.20. The van der Waals surface area contributed by atoms with Gasteiger partial charge >= 0.3 is 0 Å². The van der Waals surface area contributed by atoms with Crippen molar-refractivity contribution in [2.24, 2.45) is 0 Å². The Hall–Kier alpha value is -3.15. The number of nitrogens with one attached hydrogen (secondary N) is 3. The first-order chi connectivity index (χ1) is 20.7. The molecule has 232 valence electrons. The molecule has 9 nitrogen and oxygen atoms in total. The number of aliphatic hydroxyl groups excluding tert-OH is 2. The van der Waals surface area contributed by atoms with Gasteiger partial charge in [0, 0.05) is 37.0 Å². The average Bonchev–Trinajstić information content (AvgIpc) is 3.00. The van der Waals surface area contributed by atoms with Crippen molar-refractivity contribution in [2.45, 2.75) is 50.7 Å². The van der Waals surface area contributed by atoms with Gasteiger partial charge in [-0.3, -0.25) is 4.79 Å². The number of ether oxygens (including phenoxy) is 1. The molecule has 0 saturated heterocycles. The maximum absolute atomic E-state index is 13.0. The number of amides is 1. The number of carbonyl (C=O) groups is 1. The van der Waals surface area contributed by atoms with Gasteiger partial charge in [-0.1, -0.05) is 48.4 Å². The van der Waals surface area contributed by atoms with Gasteiger partial charge in [0.15, 0.2) is 0 Å². The molecule has 0 aliphatic heterocycles. The van der Waals surface area contributed by atoms with Gasteiger partial charge in [0.2, 0.25) is 10.0 Å². The zero-order valence-electron chi connectivity index (χ0n) is 24.1. The molecule has 43 heavy (non-hydrogen) atoms. The lowest BCUT2D eigenvalue weighted by atomic mass is 9.97. The molecule has 1 aliphatic rings. The topological polar surface area (TPSA) is 137 Å². The SMILES string of the molecule is O=C(NS(=O)(=O)CCCO)c1ccc(-c2ccc(NCCNC[C@@H](O)c3cccc(Cl)c3)cc2)cc1OC1CCCCC1. The summed E-state index contributed by atoms with van der Waals surface area (Å²) in [7, 11) is -3.88. The Labute approximate surface area is 258 Å². The van der Waals surface area contributed by atoms with Gasteiger partial charge in [-0.05, 0) is 85.2 Å². The van der Waals surface area contributed by atoms with Crippen LogP contribution >= 0.6 is 11.6 Å². The largest absolute Gasteiger partial charge is 0.490 e. The van der Waals surface area contributed by atoms with Crippen LogP contribution in [0, 0.1) is 0 Å². The van der Waals surface area contributed by atoms with Crippen molar-refractivity contribution in [2.75, 3.05) is 37.3 Å². The van der Waals surface area contributed by atoms with E-state index in [9.17, 15) is 18.3 Å². The summed E-state index contributed by atoms with van der Waals surface area (Å²) >= 11 is 6.00. The zero-order valence-corrected chi connectivity index (χ0v) is 25.7. The summed E-state index contributed by atoms with van der Waals surface area (Å²) in [6.45, 7) is 1.45. The van der Waals surface area contributed by atoms with Crippen molar-refractivity contribution >= 4 is 33.2 Å². The molecule has 1 aliphatic carbocycles. The number of hydrogen-bond donors (Lipinski definition) is 5. The lowest BCUT2D eigenvalue weighted by Gasteiger charge is -2.24. The Kier molecular flexibility index (Phi) is 12.2. The van der Waals surface area contributed by atoms with Crippen LogP contribution in [-0.4, -0.2) is 62.6 Å². The van der Waals surface area contributed by atoms with E-state index in [0.29, 0.717) is 30.4 Å². The van der Waals surface area contributed by atoms with E-state index in [4.69, 9.17) is 21.4 Å². The summed E-state index contributed by atoms with van der Waals surface area (Å²) < 4.78 is 33.0. The third kappa shape index (κ3) is 10.2. The minimum absolute atomic E-state index is 0.0339. The molecule has 3 aromatic carbocycles. The van der Waals surface area contributed by atoms with Crippen LogP contribution in [0.25, 0.3) is 11.1 Å². The van der Waals surface area contributed by atoms with Gasteiger partial charge in [-0.25, -0.2) is 13.1 Å². The Morgan fingerprint density at radius 2 is 1.72 bits per heavy atom. The molecular formula is C32H40ClN3O6S. The molecule has 1 atom stereocenters. The molecule has 4 rings (SSSR count). The first-order valence-corrected chi connectivity index (χ1v) is 16.7. The molecule has 0 heterocycles. The van der Waals surface area contributed by atoms with Crippen molar-refractivity contribution < 1.29 is 28.2 Å². The second kappa shape index (κ2) is 16.1. The Bertz CT molecular complexity index is 1450. The van der Waals surface area contributed by atoms with Crippen LogP contribution in [0.5, 0.6) is 5.75 Å². The van der Waals surface area contributed by atoms with Crippen LogP contribution in [0.2, 0.25) is 5.02 Å². The maximum Gasteiger partial charge on any atom is 0.268 e. The number of rotatable bonds is 15. The van der Waals surface area contributed by atoms with Crippen LogP contribution in [0.15, 0.2) is 66.7 Å². The molecule has 1 amide bonds. The van der Waals surface area contributed by atoms with Gasteiger partial charge < -0.3 is 25.6 Å². The van der Waals surface area contributed by atoms with Gasteiger partial charge in [-0.15, -0.1) is 0 Å². The minimum Gasteiger partial charge on any atom is -0.490 e. The second-order valence-corrected chi connectivity index (χ2v) is 13.0. The molecule has 5 N–H and O–H groups in total. The summed E-state index contributed by atoms with van der Waals surface area (Å²) in [5.74, 6) is -0.732.